The number of ether oxygens (including phenoxy) is 1. The van der Waals surface area contributed by atoms with Crippen molar-refractivity contribution in [3.05, 3.63) is 0 Å². The van der Waals surface area contributed by atoms with Gasteiger partial charge in [-0.25, -0.2) is 0 Å². The summed E-state index contributed by atoms with van der Waals surface area (Å²) in [6, 6.07) is 0.129. The van der Waals surface area contributed by atoms with Crippen molar-refractivity contribution in [3.8, 4) is 0 Å². The molecule has 0 amide bonds. The molecule has 1 saturated heterocycles. The van der Waals surface area contributed by atoms with Crippen LogP contribution in [0.25, 0.3) is 0 Å². The average molecular weight is 279 g/mol. The number of halogens is 3. The molecular formula is C13H20F3NO2. The molecule has 19 heavy (non-hydrogen) atoms. The molecule has 0 N–H and O–H groups in total. The third-order valence-corrected chi connectivity index (χ3v) is 4.12. The van der Waals surface area contributed by atoms with Gasteiger partial charge in [0.2, 0.25) is 0 Å². The van der Waals surface area contributed by atoms with Crippen LogP contribution in [0.5, 0.6) is 0 Å². The van der Waals surface area contributed by atoms with Crippen LogP contribution in [0.15, 0.2) is 0 Å². The third kappa shape index (κ3) is 4.18. The van der Waals surface area contributed by atoms with Gasteiger partial charge in [-0.2, -0.15) is 0 Å². The van der Waals surface area contributed by atoms with Crippen molar-refractivity contribution in [1.82, 2.24) is 4.90 Å². The first-order valence-corrected chi connectivity index (χ1v) is 6.95. The molecule has 1 aliphatic carbocycles. The van der Waals surface area contributed by atoms with Gasteiger partial charge in [-0.3, -0.25) is 14.4 Å². The van der Waals surface area contributed by atoms with Crippen molar-refractivity contribution >= 4 is 5.78 Å². The van der Waals surface area contributed by atoms with Crippen molar-refractivity contribution in [2.24, 2.45) is 5.92 Å². The summed E-state index contributed by atoms with van der Waals surface area (Å²) in [5.41, 5.74) is 0. The number of Topliss-reactive ketones (excluding diaryl/α,β-unsaturated/α-hetero) is 1. The fourth-order valence-corrected chi connectivity index (χ4v) is 3.28. The third-order valence-electron chi connectivity index (χ3n) is 4.12. The Kier molecular flexibility index (Phi) is 4.84. The van der Waals surface area contributed by atoms with E-state index in [2.05, 4.69) is 4.74 Å². The lowest BCUT2D eigenvalue weighted by molar-refractivity contribution is -0.325. The molecule has 0 aromatic carbocycles. The van der Waals surface area contributed by atoms with Crippen molar-refractivity contribution < 1.29 is 22.7 Å². The number of ketones is 1. The van der Waals surface area contributed by atoms with Gasteiger partial charge >= 0.3 is 6.36 Å². The van der Waals surface area contributed by atoms with E-state index in [4.69, 9.17) is 0 Å². The molecule has 0 bridgehead atoms. The van der Waals surface area contributed by atoms with Gasteiger partial charge in [0, 0.05) is 24.9 Å². The number of alkyl halides is 3. The monoisotopic (exact) mass is 279 g/mol. The Morgan fingerprint density at radius 3 is 2.68 bits per heavy atom. The van der Waals surface area contributed by atoms with Gasteiger partial charge in [0.05, 0.1) is 6.61 Å². The van der Waals surface area contributed by atoms with Gasteiger partial charge in [-0.05, 0) is 32.2 Å². The Morgan fingerprint density at radius 2 is 2.00 bits per heavy atom. The number of likely N-dealkylation sites (tertiary alicyclic amines) is 1. The lowest BCUT2D eigenvalue weighted by atomic mass is 9.82. The van der Waals surface area contributed by atoms with Gasteiger partial charge in [0.25, 0.3) is 0 Å². The molecule has 2 aliphatic rings. The summed E-state index contributed by atoms with van der Waals surface area (Å²) >= 11 is 0. The largest absolute Gasteiger partial charge is 0.522 e. The number of carbonyl (C=O) groups excluding carboxylic acids is 1. The molecule has 2 atom stereocenters. The summed E-state index contributed by atoms with van der Waals surface area (Å²) in [5.74, 6) is 0.321. The molecule has 1 aliphatic heterocycles. The summed E-state index contributed by atoms with van der Waals surface area (Å²) in [6.07, 6.45) is 0.853. The molecular weight excluding hydrogens is 259 g/mol. The van der Waals surface area contributed by atoms with Crippen molar-refractivity contribution in [1.29, 1.82) is 0 Å². The standard InChI is InChI=1S/C13H20F3NO2/c14-13(15,16)19-9-8-17-7-3-5-11(17)10-4-1-2-6-12(10)18/h10-11H,1-9H2. The van der Waals surface area contributed by atoms with E-state index in [0.29, 0.717) is 12.2 Å². The van der Waals surface area contributed by atoms with Crippen LogP contribution in [-0.2, 0) is 9.53 Å². The predicted octanol–water partition coefficient (Wildman–Crippen LogP) is 2.75. The molecule has 6 heteroatoms. The first-order chi connectivity index (χ1) is 8.97. The van der Waals surface area contributed by atoms with Crippen LogP contribution < -0.4 is 0 Å². The molecule has 0 spiro atoms. The quantitative estimate of drug-likeness (QED) is 0.792. The van der Waals surface area contributed by atoms with E-state index in [1.807, 2.05) is 4.90 Å². The highest BCUT2D eigenvalue weighted by molar-refractivity contribution is 5.82. The number of nitrogens with zero attached hydrogens (tertiary/aromatic N) is 1. The van der Waals surface area contributed by atoms with Crippen LogP contribution in [0, 0.1) is 5.92 Å². The van der Waals surface area contributed by atoms with E-state index in [-0.39, 0.29) is 25.1 Å². The SMILES string of the molecule is O=C1CCCCC1C1CCCN1CCOC(F)(F)F. The minimum absolute atomic E-state index is 0.0298. The summed E-state index contributed by atoms with van der Waals surface area (Å²) < 4.78 is 39.7. The molecule has 3 nitrogen and oxygen atoms in total. The zero-order chi connectivity index (χ0) is 13.9. The highest BCUT2D eigenvalue weighted by Crippen LogP contribution is 2.32. The fraction of sp³-hybridized carbons (Fsp3) is 0.923. The molecule has 1 saturated carbocycles. The highest BCUT2D eigenvalue weighted by atomic mass is 19.4. The van der Waals surface area contributed by atoms with Crippen LogP contribution in [0.2, 0.25) is 0 Å². The summed E-state index contributed by atoms with van der Waals surface area (Å²) in [7, 11) is 0. The minimum atomic E-state index is -4.56. The zero-order valence-corrected chi connectivity index (χ0v) is 10.9. The smallest absolute Gasteiger partial charge is 0.299 e. The zero-order valence-electron chi connectivity index (χ0n) is 10.9. The second kappa shape index (κ2) is 6.22. The van der Waals surface area contributed by atoms with Gasteiger partial charge in [0.1, 0.15) is 5.78 Å². The molecule has 0 aromatic rings. The first kappa shape index (κ1) is 14.8. The Hall–Kier alpha value is -0.620. The van der Waals surface area contributed by atoms with Crippen molar-refractivity contribution in [2.45, 2.75) is 50.9 Å². The summed E-state index contributed by atoms with van der Waals surface area (Å²) in [5, 5.41) is 0. The topological polar surface area (TPSA) is 29.5 Å². The maximum Gasteiger partial charge on any atom is 0.522 e. The Morgan fingerprint density at radius 1 is 1.21 bits per heavy atom. The van der Waals surface area contributed by atoms with Crippen LogP contribution in [0.1, 0.15) is 38.5 Å². The van der Waals surface area contributed by atoms with Crippen LogP contribution >= 0.6 is 0 Å². The second-order valence-corrected chi connectivity index (χ2v) is 5.36. The lowest BCUT2D eigenvalue weighted by Crippen LogP contribution is -2.42. The first-order valence-electron chi connectivity index (χ1n) is 6.95. The van der Waals surface area contributed by atoms with E-state index in [1.165, 1.54) is 0 Å². The Labute approximate surface area is 111 Å². The number of rotatable bonds is 4. The van der Waals surface area contributed by atoms with Crippen LogP contribution in [-0.4, -0.2) is 42.8 Å². The Balaban J connectivity index is 1.84. The maximum atomic E-state index is 11.9. The number of carbonyl (C=O) groups is 1. The van der Waals surface area contributed by atoms with Gasteiger partial charge in [-0.15, -0.1) is 13.2 Å². The predicted molar refractivity (Wildman–Crippen MR) is 63.6 cm³/mol. The van der Waals surface area contributed by atoms with Gasteiger partial charge in [0.15, 0.2) is 0 Å². The highest BCUT2D eigenvalue weighted by Gasteiger charge is 2.37. The summed E-state index contributed by atoms with van der Waals surface area (Å²) in [6.45, 7) is 0.685. The van der Waals surface area contributed by atoms with E-state index in [9.17, 15) is 18.0 Å². The molecule has 1 heterocycles. The fourth-order valence-electron chi connectivity index (χ4n) is 3.28. The molecule has 2 unspecified atom stereocenters. The molecule has 110 valence electrons. The van der Waals surface area contributed by atoms with Crippen LogP contribution in [0.4, 0.5) is 13.2 Å². The van der Waals surface area contributed by atoms with E-state index in [1.54, 1.807) is 0 Å². The second-order valence-electron chi connectivity index (χ2n) is 5.36. The van der Waals surface area contributed by atoms with Crippen molar-refractivity contribution in [2.75, 3.05) is 19.7 Å². The van der Waals surface area contributed by atoms with E-state index in [0.717, 1.165) is 38.6 Å². The molecule has 2 rings (SSSR count). The van der Waals surface area contributed by atoms with Crippen LogP contribution in [0.3, 0.4) is 0 Å². The number of hydrogen-bond acceptors (Lipinski definition) is 3. The van der Waals surface area contributed by atoms with E-state index < -0.39 is 6.36 Å². The number of hydrogen-bond donors (Lipinski definition) is 0. The normalized spacial score (nSPS) is 29.9. The van der Waals surface area contributed by atoms with E-state index >= 15 is 0 Å². The van der Waals surface area contributed by atoms with Crippen molar-refractivity contribution in [3.63, 3.8) is 0 Å². The van der Waals surface area contributed by atoms with Gasteiger partial charge < -0.3 is 0 Å². The average Bonchev–Trinajstić information content (AvgIpc) is 2.76. The molecule has 0 radical (unpaired) electrons. The van der Waals surface area contributed by atoms with Gasteiger partial charge in [-0.1, -0.05) is 6.42 Å². The molecule has 0 aromatic heterocycles. The maximum absolute atomic E-state index is 11.9. The minimum Gasteiger partial charge on any atom is -0.299 e. The Bertz CT molecular complexity index is 320. The summed E-state index contributed by atoms with van der Waals surface area (Å²) in [4.78, 5) is 13.9. The molecule has 2 fully saturated rings. The lowest BCUT2D eigenvalue weighted by Gasteiger charge is -2.33.